The second kappa shape index (κ2) is 8.76. The molecule has 0 aliphatic heterocycles. The average molecular weight is 332 g/mol. The normalized spacial score (nSPS) is 10.1. The molecule has 128 valence electrons. The highest BCUT2D eigenvalue weighted by Gasteiger charge is 2.08. The van der Waals surface area contributed by atoms with Crippen LogP contribution in [-0.4, -0.2) is 26.3 Å². The van der Waals surface area contributed by atoms with Crippen LogP contribution in [0.5, 0.6) is 11.5 Å². The molecule has 5 nitrogen and oxygen atoms in total. The Morgan fingerprint density at radius 2 is 1.96 bits per heavy atom. The van der Waals surface area contributed by atoms with Gasteiger partial charge < -0.3 is 20.1 Å². The zero-order valence-corrected chi connectivity index (χ0v) is 13.8. The van der Waals surface area contributed by atoms with E-state index in [0.717, 1.165) is 0 Å². The van der Waals surface area contributed by atoms with Crippen molar-refractivity contribution in [3.05, 3.63) is 53.8 Å². The minimum Gasteiger partial charge on any atom is -0.493 e. The lowest BCUT2D eigenvalue weighted by Gasteiger charge is -2.12. The molecule has 2 rings (SSSR count). The second-order valence-corrected chi connectivity index (χ2v) is 5.02. The van der Waals surface area contributed by atoms with Gasteiger partial charge in [-0.3, -0.25) is 0 Å². The quantitative estimate of drug-likeness (QED) is 0.814. The lowest BCUT2D eigenvalue weighted by Crippen LogP contribution is -2.30. The molecular weight excluding hydrogens is 311 g/mol. The third-order valence-electron chi connectivity index (χ3n) is 3.36. The Balaban J connectivity index is 1.88. The topological polar surface area (TPSA) is 59.6 Å². The van der Waals surface area contributed by atoms with Crippen molar-refractivity contribution >= 4 is 11.7 Å². The maximum Gasteiger partial charge on any atom is 0.319 e. The van der Waals surface area contributed by atoms with Gasteiger partial charge in [-0.25, -0.2) is 9.18 Å². The molecule has 2 aromatic carbocycles. The Bertz CT molecular complexity index is 692. The van der Waals surface area contributed by atoms with Crippen molar-refractivity contribution in [1.82, 2.24) is 5.32 Å². The molecule has 2 amide bonds. The number of nitrogens with one attached hydrogen (secondary N) is 2. The summed E-state index contributed by atoms with van der Waals surface area (Å²) in [4.78, 5) is 11.9. The molecule has 0 bridgehead atoms. The summed E-state index contributed by atoms with van der Waals surface area (Å²) in [6, 6.07) is 11.3. The van der Waals surface area contributed by atoms with Gasteiger partial charge in [-0.05, 0) is 37.1 Å². The molecule has 0 aliphatic rings. The Labute approximate surface area is 140 Å². The number of benzene rings is 2. The van der Waals surface area contributed by atoms with Gasteiger partial charge in [0.25, 0.3) is 0 Å². The molecule has 6 heteroatoms. The number of rotatable bonds is 7. The van der Waals surface area contributed by atoms with Gasteiger partial charge in [0.15, 0.2) is 11.5 Å². The Morgan fingerprint density at radius 3 is 2.67 bits per heavy atom. The Kier molecular flexibility index (Phi) is 6.42. The van der Waals surface area contributed by atoms with Crippen LogP contribution in [0.25, 0.3) is 0 Å². The van der Waals surface area contributed by atoms with Crippen molar-refractivity contribution in [2.75, 3.05) is 25.6 Å². The smallest absolute Gasteiger partial charge is 0.319 e. The van der Waals surface area contributed by atoms with Gasteiger partial charge in [0, 0.05) is 18.3 Å². The molecule has 0 saturated carbocycles. The molecule has 2 N–H and O–H groups in total. The van der Waals surface area contributed by atoms with Gasteiger partial charge in [0.1, 0.15) is 5.82 Å². The summed E-state index contributed by atoms with van der Waals surface area (Å²) < 4.78 is 24.2. The molecule has 0 heterocycles. The molecule has 0 spiro atoms. The van der Waals surface area contributed by atoms with E-state index in [2.05, 4.69) is 10.6 Å². The molecular formula is C18H21FN2O3. The first-order valence-corrected chi connectivity index (χ1v) is 7.73. The van der Waals surface area contributed by atoms with Crippen LogP contribution in [0.4, 0.5) is 14.9 Å². The van der Waals surface area contributed by atoms with E-state index < -0.39 is 0 Å². The van der Waals surface area contributed by atoms with E-state index in [0.29, 0.717) is 42.3 Å². The number of urea groups is 1. The van der Waals surface area contributed by atoms with Crippen molar-refractivity contribution in [1.29, 1.82) is 0 Å². The summed E-state index contributed by atoms with van der Waals surface area (Å²) in [5, 5.41) is 5.41. The van der Waals surface area contributed by atoms with Crippen molar-refractivity contribution < 1.29 is 18.7 Å². The first kappa shape index (κ1) is 17.6. The lowest BCUT2D eigenvalue weighted by molar-refractivity contribution is 0.252. The SMILES string of the molecule is CCOc1cc(NC(=O)NCCc2ccccc2F)ccc1OC. The van der Waals surface area contributed by atoms with Gasteiger partial charge in [0.05, 0.1) is 13.7 Å². The maximum absolute atomic E-state index is 13.5. The van der Waals surface area contributed by atoms with Crippen LogP contribution < -0.4 is 20.1 Å². The minimum absolute atomic E-state index is 0.267. The highest BCUT2D eigenvalue weighted by Crippen LogP contribution is 2.30. The first-order valence-electron chi connectivity index (χ1n) is 7.73. The highest BCUT2D eigenvalue weighted by molar-refractivity contribution is 5.89. The number of anilines is 1. The number of halogens is 1. The van der Waals surface area contributed by atoms with E-state index in [-0.39, 0.29) is 11.8 Å². The van der Waals surface area contributed by atoms with E-state index >= 15 is 0 Å². The highest BCUT2D eigenvalue weighted by atomic mass is 19.1. The molecule has 2 aromatic rings. The van der Waals surface area contributed by atoms with Crippen LogP contribution in [0.1, 0.15) is 12.5 Å². The summed E-state index contributed by atoms with van der Waals surface area (Å²) in [6.45, 7) is 2.70. The van der Waals surface area contributed by atoms with Crippen molar-refractivity contribution in [2.24, 2.45) is 0 Å². The van der Waals surface area contributed by atoms with Crippen LogP contribution in [0.15, 0.2) is 42.5 Å². The van der Waals surface area contributed by atoms with Crippen molar-refractivity contribution in [3.8, 4) is 11.5 Å². The van der Waals surface area contributed by atoms with E-state index in [1.54, 1.807) is 43.5 Å². The first-order chi connectivity index (χ1) is 11.6. The van der Waals surface area contributed by atoms with E-state index in [1.165, 1.54) is 6.07 Å². The van der Waals surface area contributed by atoms with Crippen LogP contribution in [0, 0.1) is 5.82 Å². The molecule has 0 atom stereocenters. The maximum atomic E-state index is 13.5. The van der Waals surface area contributed by atoms with Crippen molar-refractivity contribution in [2.45, 2.75) is 13.3 Å². The predicted molar refractivity (Wildman–Crippen MR) is 91.3 cm³/mol. The average Bonchev–Trinajstić information content (AvgIpc) is 2.57. The van der Waals surface area contributed by atoms with Gasteiger partial charge in [-0.2, -0.15) is 0 Å². The zero-order valence-electron chi connectivity index (χ0n) is 13.8. The number of hydrogen-bond donors (Lipinski definition) is 2. The number of hydrogen-bond acceptors (Lipinski definition) is 3. The van der Waals surface area contributed by atoms with Crippen LogP contribution >= 0.6 is 0 Å². The standard InChI is InChI=1S/C18H21FN2O3/c1-3-24-17-12-14(8-9-16(17)23-2)21-18(22)20-11-10-13-6-4-5-7-15(13)19/h4-9,12H,3,10-11H2,1-2H3,(H2,20,21,22). The minimum atomic E-state index is -0.362. The van der Waals surface area contributed by atoms with Crippen molar-refractivity contribution in [3.63, 3.8) is 0 Å². The van der Waals surface area contributed by atoms with Crippen LogP contribution in [0.2, 0.25) is 0 Å². The largest absolute Gasteiger partial charge is 0.493 e. The summed E-state index contributed by atoms with van der Waals surface area (Å²) in [6.07, 6.45) is 0.424. The third-order valence-corrected chi connectivity index (χ3v) is 3.36. The number of carbonyl (C=O) groups is 1. The Hall–Kier alpha value is -2.76. The summed E-state index contributed by atoms with van der Waals surface area (Å²) >= 11 is 0. The number of methoxy groups -OCH3 is 1. The van der Waals surface area contributed by atoms with Gasteiger partial charge >= 0.3 is 6.03 Å². The van der Waals surface area contributed by atoms with E-state index in [9.17, 15) is 9.18 Å². The van der Waals surface area contributed by atoms with Gasteiger partial charge in [-0.15, -0.1) is 0 Å². The molecule has 0 saturated heterocycles. The van der Waals surface area contributed by atoms with E-state index in [4.69, 9.17) is 9.47 Å². The van der Waals surface area contributed by atoms with Gasteiger partial charge in [0.2, 0.25) is 0 Å². The summed E-state index contributed by atoms with van der Waals surface area (Å²) in [7, 11) is 1.56. The molecule has 0 radical (unpaired) electrons. The monoisotopic (exact) mass is 332 g/mol. The fraction of sp³-hybridized carbons (Fsp3) is 0.278. The zero-order chi connectivity index (χ0) is 17.4. The fourth-order valence-electron chi connectivity index (χ4n) is 2.21. The van der Waals surface area contributed by atoms with E-state index in [1.807, 2.05) is 6.92 Å². The summed E-state index contributed by atoms with van der Waals surface area (Å²) in [5.41, 5.74) is 1.16. The fourth-order valence-corrected chi connectivity index (χ4v) is 2.21. The molecule has 0 aromatic heterocycles. The van der Waals surface area contributed by atoms with Gasteiger partial charge in [-0.1, -0.05) is 18.2 Å². The third kappa shape index (κ3) is 4.87. The molecule has 0 fully saturated rings. The number of ether oxygens (including phenoxy) is 2. The van der Waals surface area contributed by atoms with Crippen LogP contribution in [-0.2, 0) is 6.42 Å². The molecule has 0 aliphatic carbocycles. The molecule has 0 unspecified atom stereocenters. The second-order valence-electron chi connectivity index (χ2n) is 5.02. The number of amides is 2. The Morgan fingerprint density at radius 1 is 1.17 bits per heavy atom. The number of carbonyl (C=O) groups excluding carboxylic acids is 1. The van der Waals surface area contributed by atoms with Crippen LogP contribution in [0.3, 0.4) is 0 Å². The lowest BCUT2D eigenvalue weighted by atomic mass is 10.1. The predicted octanol–water partition coefficient (Wildman–Crippen LogP) is 3.60. The molecule has 24 heavy (non-hydrogen) atoms. The summed E-state index contributed by atoms with van der Waals surface area (Å²) in [5.74, 6) is 0.891.